The Labute approximate surface area is 143 Å². The Morgan fingerprint density at radius 1 is 0.957 bits per heavy atom. The predicted octanol–water partition coefficient (Wildman–Crippen LogP) is 4.09. The van der Waals surface area contributed by atoms with Crippen LogP contribution in [0.25, 0.3) is 0 Å². The molecule has 2 rings (SSSR count). The normalized spacial score (nSPS) is 11.7. The Balaban J connectivity index is 2.18. The molecule has 0 radical (unpaired) electrons. The number of rotatable bonds is 5. The first-order valence-electron chi connectivity index (χ1n) is 7.54. The summed E-state index contributed by atoms with van der Waals surface area (Å²) in [6, 6.07) is 9.46. The van der Waals surface area contributed by atoms with Crippen LogP contribution in [0.2, 0.25) is 5.02 Å². The summed E-state index contributed by atoms with van der Waals surface area (Å²) in [5.41, 5.74) is 4.66. The third-order valence-corrected chi connectivity index (χ3v) is 6.17. The molecular formula is C18H22ClNO2S. The van der Waals surface area contributed by atoms with Gasteiger partial charge in [0.25, 0.3) is 0 Å². The van der Waals surface area contributed by atoms with Crippen LogP contribution in [0, 0.1) is 27.7 Å². The SMILES string of the molecule is Cc1cc(C)c(C)c(S(=O)(=O)NCCc2ccc(Cl)cc2)c1C. The highest BCUT2D eigenvalue weighted by Crippen LogP contribution is 2.25. The average Bonchev–Trinajstić information content (AvgIpc) is 2.47. The number of hydrogen-bond donors (Lipinski definition) is 1. The van der Waals surface area contributed by atoms with Crippen molar-refractivity contribution in [3.05, 3.63) is 63.2 Å². The van der Waals surface area contributed by atoms with E-state index >= 15 is 0 Å². The molecule has 0 fully saturated rings. The number of hydrogen-bond acceptors (Lipinski definition) is 2. The van der Waals surface area contributed by atoms with Crippen molar-refractivity contribution in [3.8, 4) is 0 Å². The van der Waals surface area contributed by atoms with E-state index in [9.17, 15) is 8.42 Å². The molecular weight excluding hydrogens is 330 g/mol. The van der Waals surface area contributed by atoms with Crippen LogP contribution >= 0.6 is 11.6 Å². The molecule has 0 saturated heterocycles. The lowest BCUT2D eigenvalue weighted by Crippen LogP contribution is -2.27. The Kier molecular flexibility index (Phi) is 5.50. The van der Waals surface area contributed by atoms with Crippen molar-refractivity contribution >= 4 is 21.6 Å². The van der Waals surface area contributed by atoms with Crippen LogP contribution in [0.3, 0.4) is 0 Å². The van der Waals surface area contributed by atoms with Gasteiger partial charge in [0.15, 0.2) is 0 Å². The third-order valence-electron chi connectivity index (χ3n) is 4.18. The van der Waals surface area contributed by atoms with Crippen LogP contribution in [0.15, 0.2) is 35.2 Å². The summed E-state index contributed by atoms with van der Waals surface area (Å²) in [6.07, 6.45) is 0.624. The summed E-state index contributed by atoms with van der Waals surface area (Å²) >= 11 is 5.85. The molecule has 0 aliphatic heterocycles. The Morgan fingerprint density at radius 2 is 1.48 bits per heavy atom. The largest absolute Gasteiger partial charge is 0.241 e. The fraction of sp³-hybridized carbons (Fsp3) is 0.333. The van der Waals surface area contributed by atoms with Gasteiger partial charge in [0, 0.05) is 11.6 Å². The molecule has 1 N–H and O–H groups in total. The molecule has 0 saturated carbocycles. The summed E-state index contributed by atoms with van der Waals surface area (Å²) in [5.74, 6) is 0. The van der Waals surface area contributed by atoms with Gasteiger partial charge < -0.3 is 0 Å². The van der Waals surface area contributed by atoms with Crippen molar-refractivity contribution in [2.75, 3.05) is 6.54 Å². The van der Waals surface area contributed by atoms with Crippen molar-refractivity contribution in [2.24, 2.45) is 0 Å². The second-order valence-corrected chi connectivity index (χ2v) is 8.00. The molecule has 124 valence electrons. The zero-order valence-corrected chi connectivity index (χ0v) is 15.5. The third kappa shape index (κ3) is 4.14. The topological polar surface area (TPSA) is 46.2 Å². The van der Waals surface area contributed by atoms with E-state index in [0.717, 1.165) is 27.8 Å². The van der Waals surface area contributed by atoms with Gasteiger partial charge in [-0.25, -0.2) is 13.1 Å². The number of sulfonamides is 1. The monoisotopic (exact) mass is 351 g/mol. The van der Waals surface area contributed by atoms with E-state index in [0.29, 0.717) is 22.9 Å². The van der Waals surface area contributed by atoms with Gasteiger partial charge >= 0.3 is 0 Å². The molecule has 0 aromatic heterocycles. The number of nitrogens with one attached hydrogen (secondary N) is 1. The van der Waals surface area contributed by atoms with E-state index in [1.54, 1.807) is 0 Å². The van der Waals surface area contributed by atoms with Crippen LogP contribution in [0.4, 0.5) is 0 Å². The minimum Gasteiger partial charge on any atom is -0.211 e. The lowest BCUT2D eigenvalue weighted by Gasteiger charge is -2.16. The Morgan fingerprint density at radius 3 is 2.00 bits per heavy atom. The smallest absolute Gasteiger partial charge is 0.211 e. The maximum Gasteiger partial charge on any atom is 0.241 e. The first kappa shape index (κ1) is 18.0. The van der Waals surface area contributed by atoms with Crippen molar-refractivity contribution in [1.29, 1.82) is 0 Å². The second-order valence-electron chi connectivity index (χ2n) is 5.86. The number of aryl methyl sites for hydroxylation is 2. The predicted molar refractivity (Wildman–Crippen MR) is 95.7 cm³/mol. The van der Waals surface area contributed by atoms with Crippen LogP contribution in [0.5, 0.6) is 0 Å². The first-order chi connectivity index (χ1) is 10.7. The highest BCUT2D eigenvalue weighted by Gasteiger charge is 2.21. The van der Waals surface area contributed by atoms with Crippen LogP contribution in [-0.4, -0.2) is 15.0 Å². The van der Waals surface area contributed by atoms with Gasteiger partial charge in [-0.1, -0.05) is 29.8 Å². The van der Waals surface area contributed by atoms with Crippen molar-refractivity contribution in [1.82, 2.24) is 4.72 Å². The Hall–Kier alpha value is -1.36. The van der Waals surface area contributed by atoms with Gasteiger partial charge in [-0.15, -0.1) is 0 Å². The van der Waals surface area contributed by atoms with Crippen molar-refractivity contribution < 1.29 is 8.42 Å². The summed E-state index contributed by atoms with van der Waals surface area (Å²) in [7, 11) is -3.52. The fourth-order valence-electron chi connectivity index (χ4n) is 2.64. The van der Waals surface area contributed by atoms with E-state index in [1.165, 1.54) is 0 Å². The maximum atomic E-state index is 12.7. The molecule has 0 bridgehead atoms. The molecule has 0 heterocycles. The van der Waals surface area contributed by atoms with E-state index < -0.39 is 10.0 Å². The van der Waals surface area contributed by atoms with Gasteiger partial charge in [-0.3, -0.25) is 0 Å². The van der Waals surface area contributed by atoms with Gasteiger partial charge in [-0.05, 0) is 74.1 Å². The molecule has 0 amide bonds. The van der Waals surface area contributed by atoms with Crippen LogP contribution in [-0.2, 0) is 16.4 Å². The molecule has 2 aromatic carbocycles. The zero-order chi connectivity index (χ0) is 17.2. The molecule has 23 heavy (non-hydrogen) atoms. The van der Waals surface area contributed by atoms with Gasteiger partial charge in [0.1, 0.15) is 0 Å². The first-order valence-corrected chi connectivity index (χ1v) is 9.40. The molecule has 0 spiro atoms. The number of benzene rings is 2. The summed E-state index contributed by atoms with van der Waals surface area (Å²) < 4.78 is 28.1. The molecule has 0 aliphatic carbocycles. The summed E-state index contributed by atoms with van der Waals surface area (Å²) in [4.78, 5) is 0.408. The standard InChI is InChI=1S/C18H22ClNO2S/c1-12-11-13(2)15(4)18(14(12)3)23(21,22)20-10-9-16-5-7-17(19)8-6-16/h5-8,11,20H,9-10H2,1-4H3. The van der Waals surface area contributed by atoms with E-state index in [-0.39, 0.29) is 0 Å². The van der Waals surface area contributed by atoms with E-state index in [4.69, 9.17) is 11.6 Å². The average molecular weight is 352 g/mol. The van der Waals surface area contributed by atoms with Gasteiger partial charge in [-0.2, -0.15) is 0 Å². The number of halogens is 1. The minimum absolute atomic E-state index is 0.357. The Bertz CT molecular complexity index is 786. The molecule has 0 aliphatic rings. The van der Waals surface area contributed by atoms with Crippen molar-refractivity contribution in [2.45, 2.75) is 39.0 Å². The summed E-state index contributed by atoms with van der Waals surface area (Å²) in [5, 5.41) is 0.677. The van der Waals surface area contributed by atoms with E-state index in [2.05, 4.69) is 4.72 Å². The maximum absolute atomic E-state index is 12.7. The molecule has 5 heteroatoms. The molecule has 3 nitrogen and oxygen atoms in total. The highest BCUT2D eigenvalue weighted by atomic mass is 35.5. The minimum atomic E-state index is -3.52. The van der Waals surface area contributed by atoms with Crippen LogP contribution < -0.4 is 4.72 Å². The second kappa shape index (κ2) is 7.04. The zero-order valence-electron chi connectivity index (χ0n) is 13.9. The fourth-order valence-corrected chi connectivity index (χ4v) is 4.41. The molecule has 2 aromatic rings. The summed E-state index contributed by atoms with van der Waals surface area (Å²) in [6.45, 7) is 7.95. The van der Waals surface area contributed by atoms with E-state index in [1.807, 2.05) is 58.0 Å². The van der Waals surface area contributed by atoms with Crippen LogP contribution in [0.1, 0.15) is 27.8 Å². The lowest BCUT2D eigenvalue weighted by atomic mass is 10.0. The van der Waals surface area contributed by atoms with Crippen molar-refractivity contribution in [3.63, 3.8) is 0 Å². The lowest BCUT2D eigenvalue weighted by molar-refractivity contribution is 0.580. The van der Waals surface area contributed by atoms with Gasteiger partial charge in [0.2, 0.25) is 10.0 Å². The molecule has 0 unspecified atom stereocenters. The molecule has 0 atom stereocenters. The van der Waals surface area contributed by atoms with Gasteiger partial charge in [0.05, 0.1) is 4.90 Å². The quantitative estimate of drug-likeness (QED) is 0.881. The highest BCUT2D eigenvalue weighted by molar-refractivity contribution is 7.89.